The molecule has 0 heterocycles. The Morgan fingerprint density at radius 3 is 2.47 bits per heavy atom. The van der Waals surface area contributed by atoms with Crippen molar-refractivity contribution in [3.05, 3.63) is 11.6 Å². The first-order chi connectivity index (χ1) is 14.1. The molecule has 4 rings (SSSR count). The number of allylic oxidation sites excluding steroid dienone is 1. The fraction of sp³-hybridized carbons (Fsp3) is 0.792. The minimum atomic E-state index is -3.00. The summed E-state index contributed by atoms with van der Waals surface area (Å²) in [6, 6.07) is 0. The zero-order chi connectivity index (χ0) is 21.8. The highest BCUT2D eigenvalue weighted by Gasteiger charge is 2.61. The molecule has 0 aromatic carbocycles. The number of alkyl halides is 2. The van der Waals surface area contributed by atoms with Crippen LogP contribution >= 0.6 is 0 Å². The minimum absolute atomic E-state index is 0.0451. The highest BCUT2D eigenvalue weighted by atomic mass is 19.3. The lowest BCUT2D eigenvalue weighted by Gasteiger charge is -2.58. The van der Waals surface area contributed by atoms with Gasteiger partial charge in [-0.1, -0.05) is 19.4 Å². The van der Waals surface area contributed by atoms with E-state index in [0.717, 1.165) is 45.4 Å². The average molecular weight is 423 g/mol. The quantitative estimate of drug-likeness (QED) is 0.605. The molecule has 3 fully saturated rings. The number of ketones is 2. The van der Waals surface area contributed by atoms with Crippen molar-refractivity contribution >= 4 is 17.5 Å². The smallest absolute Gasteiger partial charge is 0.303 e. The molecule has 0 bridgehead atoms. The Balaban J connectivity index is 1.58. The number of rotatable bonds is 4. The maximum absolute atomic E-state index is 13.5. The molecule has 0 radical (unpaired) electrons. The maximum Gasteiger partial charge on any atom is 0.303 e. The van der Waals surface area contributed by atoms with Gasteiger partial charge in [0.1, 0.15) is 0 Å². The Morgan fingerprint density at radius 2 is 1.80 bits per heavy atom. The van der Waals surface area contributed by atoms with Crippen LogP contribution in [0.3, 0.4) is 0 Å². The van der Waals surface area contributed by atoms with Crippen molar-refractivity contribution in [1.82, 2.24) is 0 Å². The van der Waals surface area contributed by atoms with Crippen LogP contribution in [-0.2, 0) is 19.1 Å². The van der Waals surface area contributed by atoms with Crippen LogP contribution in [0.1, 0.15) is 72.1 Å². The van der Waals surface area contributed by atoms with Crippen LogP contribution in [0.2, 0.25) is 0 Å². The first kappa shape index (κ1) is 21.6. The van der Waals surface area contributed by atoms with Crippen LogP contribution in [0.15, 0.2) is 11.6 Å². The molecular weight excluding hydrogens is 390 g/mol. The number of fused-ring (bicyclic) bond motifs is 5. The lowest BCUT2D eigenvalue weighted by atomic mass is 9.46. The standard InChI is InChI=1S/C24H32F2O4/c1-13(27)30-21(22(25)26)20(29)19-7-6-17-16-5-4-14-12-15(28)8-10-23(14,2)18(16)9-11-24(17,19)3/h12,16-19,21-22H,4-11H2,1-3H3/t16-,17-,18-,19+,21?,23-,24-/m0/s1. The number of hydrogen-bond acceptors (Lipinski definition) is 4. The Hall–Kier alpha value is -1.59. The van der Waals surface area contributed by atoms with Gasteiger partial charge in [-0.15, -0.1) is 0 Å². The molecule has 4 nitrogen and oxygen atoms in total. The molecule has 0 aliphatic heterocycles. The summed E-state index contributed by atoms with van der Waals surface area (Å²) in [5.41, 5.74) is 1.01. The van der Waals surface area contributed by atoms with E-state index in [0.29, 0.717) is 30.6 Å². The summed E-state index contributed by atoms with van der Waals surface area (Å²) in [5.74, 6) is -0.446. The molecule has 0 aromatic rings. The summed E-state index contributed by atoms with van der Waals surface area (Å²) in [4.78, 5) is 36.3. The Morgan fingerprint density at radius 1 is 1.07 bits per heavy atom. The zero-order valence-corrected chi connectivity index (χ0v) is 18.1. The Bertz CT molecular complexity index is 790. The number of ether oxygens (including phenoxy) is 1. The van der Waals surface area contributed by atoms with E-state index in [4.69, 9.17) is 4.74 Å². The topological polar surface area (TPSA) is 60.4 Å². The predicted molar refractivity (Wildman–Crippen MR) is 107 cm³/mol. The van der Waals surface area contributed by atoms with Gasteiger partial charge in [0.05, 0.1) is 0 Å². The number of carbonyl (C=O) groups is 3. The summed E-state index contributed by atoms with van der Waals surface area (Å²) in [7, 11) is 0. The van der Waals surface area contributed by atoms with E-state index in [2.05, 4.69) is 13.8 Å². The van der Waals surface area contributed by atoms with E-state index >= 15 is 0 Å². The Kier molecular flexibility index (Phi) is 5.43. The molecule has 0 N–H and O–H groups in total. The largest absolute Gasteiger partial charge is 0.448 e. The van der Waals surface area contributed by atoms with Crippen LogP contribution in [-0.4, -0.2) is 30.1 Å². The van der Waals surface area contributed by atoms with Crippen molar-refractivity contribution in [2.24, 2.45) is 34.5 Å². The summed E-state index contributed by atoms with van der Waals surface area (Å²) >= 11 is 0. The molecule has 1 unspecified atom stereocenters. The minimum Gasteiger partial charge on any atom is -0.448 e. The van der Waals surface area contributed by atoms with Crippen molar-refractivity contribution in [2.75, 3.05) is 0 Å². The number of esters is 1. The van der Waals surface area contributed by atoms with Crippen molar-refractivity contribution in [3.8, 4) is 0 Å². The number of halogens is 2. The Labute approximate surface area is 176 Å². The fourth-order valence-electron chi connectivity index (χ4n) is 7.64. The van der Waals surface area contributed by atoms with E-state index in [1.165, 1.54) is 5.57 Å². The molecular formula is C24H32F2O4. The van der Waals surface area contributed by atoms with Crippen molar-refractivity contribution < 1.29 is 27.9 Å². The third-order valence-corrected chi connectivity index (χ3v) is 9.11. The number of hydrogen-bond donors (Lipinski definition) is 0. The summed E-state index contributed by atoms with van der Waals surface area (Å²) in [5, 5.41) is 0. The molecule has 0 amide bonds. The monoisotopic (exact) mass is 422 g/mol. The van der Waals surface area contributed by atoms with Gasteiger partial charge in [0.15, 0.2) is 11.6 Å². The van der Waals surface area contributed by atoms with Gasteiger partial charge < -0.3 is 4.74 Å². The van der Waals surface area contributed by atoms with Gasteiger partial charge in [-0.05, 0) is 79.6 Å². The number of carbonyl (C=O) groups excluding carboxylic acids is 3. The van der Waals surface area contributed by atoms with E-state index < -0.39 is 30.2 Å². The lowest BCUT2D eigenvalue weighted by molar-refractivity contribution is -0.167. The molecule has 166 valence electrons. The molecule has 7 atom stereocenters. The second-order valence-electron chi connectivity index (χ2n) is 10.4. The van der Waals surface area contributed by atoms with Crippen molar-refractivity contribution in [2.45, 2.75) is 84.7 Å². The van der Waals surface area contributed by atoms with Crippen molar-refractivity contribution in [1.29, 1.82) is 0 Å². The molecule has 4 aliphatic rings. The molecule has 3 saturated carbocycles. The maximum atomic E-state index is 13.5. The van der Waals surface area contributed by atoms with Gasteiger partial charge in [-0.25, -0.2) is 8.78 Å². The van der Waals surface area contributed by atoms with Crippen LogP contribution in [0.25, 0.3) is 0 Å². The summed E-state index contributed by atoms with van der Waals surface area (Å²) in [6.07, 6.45) is 3.56. The first-order valence-electron chi connectivity index (χ1n) is 11.3. The van der Waals surface area contributed by atoms with Gasteiger partial charge in [-0.3, -0.25) is 14.4 Å². The highest BCUT2D eigenvalue weighted by molar-refractivity contribution is 5.91. The van der Waals surface area contributed by atoms with Crippen LogP contribution in [0.5, 0.6) is 0 Å². The van der Waals surface area contributed by atoms with E-state index in [9.17, 15) is 23.2 Å². The van der Waals surface area contributed by atoms with Gasteiger partial charge >= 0.3 is 5.97 Å². The molecule has 30 heavy (non-hydrogen) atoms. The second kappa shape index (κ2) is 7.52. The molecule has 0 aromatic heterocycles. The van der Waals surface area contributed by atoms with Gasteiger partial charge in [0, 0.05) is 19.3 Å². The third-order valence-electron chi connectivity index (χ3n) is 9.11. The van der Waals surface area contributed by atoms with E-state index in [-0.39, 0.29) is 16.6 Å². The normalized spacial score (nSPS) is 41.4. The molecule has 0 saturated heterocycles. The third kappa shape index (κ3) is 3.25. The van der Waals surface area contributed by atoms with Gasteiger partial charge in [0.25, 0.3) is 6.43 Å². The average Bonchev–Trinajstić information content (AvgIpc) is 3.03. The van der Waals surface area contributed by atoms with Crippen LogP contribution < -0.4 is 0 Å². The van der Waals surface area contributed by atoms with Gasteiger partial charge in [0.2, 0.25) is 6.10 Å². The first-order valence-corrected chi connectivity index (χ1v) is 11.3. The van der Waals surface area contributed by atoms with Crippen molar-refractivity contribution in [3.63, 3.8) is 0 Å². The fourth-order valence-corrected chi connectivity index (χ4v) is 7.64. The summed E-state index contributed by atoms with van der Waals surface area (Å²) in [6.45, 7) is 5.46. The van der Waals surface area contributed by atoms with Crippen LogP contribution in [0, 0.1) is 34.5 Å². The lowest BCUT2D eigenvalue weighted by Crippen LogP contribution is -2.52. The number of Topliss-reactive ketones (excluding diaryl/α,β-unsaturated/α-hetero) is 1. The SMILES string of the molecule is CC(=O)OC(C(=O)[C@H]1CC[C@H]2[C@@H]3CCC4=CC(=O)CC[C@]4(C)[C@H]3CC[C@]12C)C(F)F. The summed E-state index contributed by atoms with van der Waals surface area (Å²) < 4.78 is 31.8. The molecule has 4 aliphatic carbocycles. The highest BCUT2D eigenvalue weighted by Crippen LogP contribution is 2.66. The zero-order valence-electron chi connectivity index (χ0n) is 18.1. The second-order valence-corrected chi connectivity index (χ2v) is 10.4. The van der Waals surface area contributed by atoms with E-state index in [1.54, 1.807) is 0 Å². The molecule has 0 spiro atoms. The van der Waals surface area contributed by atoms with Crippen LogP contribution in [0.4, 0.5) is 8.78 Å². The predicted octanol–water partition coefficient (Wildman–Crippen LogP) is 4.90. The molecule has 6 heteroatoms. The van der Waals surface area contributed by atoms with E-state index in [1.807, 2.05) is 6.08 Å². The van der Waals surface area contributed by atoms with Gasteiger partial charge in [-0.2, -0.15) is 0 Å².